The molecule has 0 aliphatic heterocycles. The van der Waals surface area contributed by atoms with Gasteiger partial charge in [0.2, 0.25) is 5.78 Å². The minimum Gasteiger partial charge on any atom is -0.504 e. The number of benzene rings is 1. The SMILES string of the molecule is COc1cc(Br)c(C=CC(=O)c2ccc(C)o2)cc1O. The Bertz CT molecular complexity index is 671. The Morgan fingerprint density at radius 2 is 2.15 bits per heavy atom. The van der Waals surface area contributed by atoms with Crippen LogP contribution in [0.5, 0.6) is 11.5 Å². The molecule has 1 N–H and O–H groups in total. The third-order valence-electron chi connectivity index (χ3n) is 2.70. The van der Waals surface area contributed by atoms with E-state index in [4.69, 9.17) is 9.15 Å². The van der Waals surface area contributed by atoms with E-state index in [1.807, 2.05) is 0 Å². The lowest BCUT2D eigenvalue weighted by Crippen LogP contribution is -1.91. The zero-order chi connectivity index (χ0) is 14.7. The second-order valence-corrected chi connectivity index (χ2v) is 5.01. The molecular formula is C15H13BrO4. The van der Waals surface area contributed by atoms with Crippen LogP contribution in [-0.4, -0.2) is 18.0 Å². The molecule has 0 radical (unpaired) electrons. The maximum atomic E-state index is 11.9. The zero-order valence-electron chi connectivity index (χ0n) is 11.0. The number of carbonyl (C=O) groups is 1. The van der Waals surface area contributed by atoms with Crippen LogP contribution in [0.15, 0.2) is 39.2 Å². The van der Waals surface area contributed by atoms with Gasteiger partial charge in [-0.2, -0.15) is 0 Å². The van der Waals surface area contributed by atoms with Gasteiger partial charge < -0.3 is 14.3 Å². The second kappa shape index (κ2) is 5.96. The summed E-state index contributed by atoms with van der Waals surface area (Å²) in [5, 5.41) is 9.72. The van der Waals surface area contributed by atoms with Crippen molar-refractivity contribution in [2.45, 2.75) is 6.92 Å². The molecule has 1 aromatic carbocycles. The van der Waals surface area contributed by atoms with Gasteiger partial charge in [0, 0.05) is 4.47 Å². The van der Waals surface area contributed by atoms with Crippen molar-refractivity contribution >= 4 is 27.8 Å². The van der Waals surface area contributed by atoms with Crippen molar-refractivity contribution < 1.29 is 19.1 Å². The van der Waals surface area contributed by atoms with E-state index in [0.717, 1.165) is 0 Å². The second-order valence-electron chi connectivity index (χ2n) is 4.15. The fourth-order valence-corrected chi connectivity index (χ4v) is 2.12. The smallest absolute Gasteiger partial charge is 0.221 e. The molecule has 2 rings (SSSR count). The molecule has 20 heavy (non-hydrogen) atoms. The Balaban J connectivity index is 2.23. The summed E-state index contributed by atoms with van der Waals surface area (Å²) in [6.45, 7) is 1.78. The molecule has 0 aliphatic carbocycles. The number of rotatable bonds is 4. The maximum Gasteiger partial charge on any atom is 0.221 e. The summed E-state index contributed by atoms with van der Waals surface area (Å²) in [7, 11) is 1.47. The molecule has 0 aliphatic rings. The Morgan fingerprint density at radius 3 is 2.75 bits per heavy atom. The van der Waals surface area contributed by atoms with Crippen molar-refractivity contribution in [2.75, 3.05) is 7.11 Å². The lowest BCUT2D eigenvalue weighted by atomic mass is 10.1. The van der Waals surface area contributed by atoms with E-state index in [2.05, 4.69) is 15.9 Å². The Labute approximate surface area is 124 Å². The lowest BCUT2D eigenvalue weighted by molar-refractivity contribution is 0.102. The quantitative estimate of drug-likeness (QED) is 0.678. The van der Waals surface area contributed by atoms with E-state index in [1.165, 1.54) is 19.3 Å². The third kappa shape index (κ3) is 3.11. The fourth-order valence-electron chi connectivity index (χ4n) is 1.67. The van der Waals surface area contributed by atoms with Crippen LogP contribution in [0.2, 0.25) is 0 Å². The summed E-state index contributed by atoms with van der Waals surface area (Å²) in [6, 6.07) is 6.51. The molecule has 0 saturated carbocycles. The molecule has 5 heteroatoms. The van der Waals surface area contributed by atoms with Crippen LogP contribution >= 0.6 is 15.9 Å². The number of ketones is 1. The number of allylic oxidation sites excluding steroid dienone is 1. The van der Waals surface area contributed by atoms with Crippen LogP contribution in [0.25, 0.3) is 6.08 Å². The van der Waals surface area contributed by atoms with Gasteiger partial charge in [-0.15, -0.1) is 0 Å². The van der Waals surface area contributed by atoms with E-state index in [9.17, 15) is 9.90 Å². The summed E-state index contributed by atoms with van der Waals surface area (Å²) >= 11 is 3.36. The first kappa shape index (κ1) is 14.4. The Kier molecular flexibility index (Phi) is 4.29. The number of phenols is 1. The predicted octanol–water partition coefficient (Wildman–Crippen LogP) is 3.96. The summed E-state index contributed by atoms with van der Waals surface area (Å²) < 4.78 is 10.9. The molecule has 0 bridgehead atoms. The van der Waals surface area contributed by atoms with Gasteiger partial charge in [0.05, 0.1) is 7.11 Å². The number of aryl methyl sites for hydroxylation is 1. The monoisotopic (exact) mass is 336 g/mol. The molecule has 1 heterocycles. The first-order chi connectivity index (χ1) is 9.51. The van der Waals surface area contributed by atoms with Crippen molar-refractivity contribution in [3.05, 3.63) is 51.9 Å². The van der Waals surface area contributed by atoms with Crippen LogP contribution in [0.4, 0.5) is 0 Å². The van der Waals surface area contributed by atoms with Crippen LogP contribution in [0, 0.1) is 6.92 Å². The number of furan rings is 1. The highest BCUT2D eigenvalue weighted by atomic mass is 79.9. The number of aromatic hydroxyl groups is 1. The van der Waals surface area contributed by atoms with Crippen molar-refractivity contribution in [1.82, 2.24) is 0 Å². The highest BCUT2D eigenvalue weighted by molar-refractivity contribution is 9.10. The minimum absolute atomic E-state index is 0.0108. The summed E-state index contributed by atoms with van der Waals surface area (Å²) in [5.74, 6) is 1.11. The molecule has 0 atom stereocenters. The molecule has 0 spiro atoms. The average Bonchev–Trinajstić information content (AvgIpc) is 2.85. The minimum atomic E-state index is -0.236. The predicted molar refractivity (Wildman–Crippen MR) is 79.2 cm³/mol. The van der Waals surface area contributed by atoms with E-state index in [1.54, 1.807) is 31.2 Å². The normalized spacial score (nSPS) is 10.9. The van der Waals surface area contributed by atoms with E-state index >= 15 is 0 Å². The van der Waals surface area contributed by atoms with Crippen LogP contribution in [-0.2, 0) is 0 Å². The Morgan fingerprint density at radius 1 is 1.40 bits per heavy atom. The molecule has 2 aromatic rings. The summed E-state index contributed by atoms with van der Waals surface area (Å²) in [4.78, 5) is 11.9. The Hall–Kier alpha value is -2.01. The van der Waals surface area contributed by atoms with Crippen LogP contribution in [0.3, 0.4) is 0 Å². The number of hydrogen-bond acceptors (Lipinski definition) is 4. The first-order valence-corrected chi connectivity index (χ1v) is 6.66. The van der Waals surface area contributed by atoms with Crippen molar-refractivity contribution in [3.8, 4) is 11.5 Å². The van der Waals surface area contributed by atoms with Gasteiger partial charge in [-0.1, -0.05) is 15.9 Å². The molecular weight excluding hydrogens is 324 g/mol. The largest absolute Gasteiger partial charge is 0.504 e. The first-order valence-electron chi connectivity index (χ1n) is 5.86. The number of ether oxygens (including phenoxy) is 1. The highest BCUT2D eigenvalue weighted by Crippen LogP contribution is 2.33. The van der Waals surface area contributed by atoms with Crippen molar-refractivity contribution in [3.63, 3.8) is 0 Å². The zero-order valence-corrected chi connectivity index (χ0v) is 12.6. The van der Waals surface area contributed by atoms with E-state index in [-0.39, 0.29) is 17.3 Å². The van der Waals surface area contributed by atoms with Gasteiger partial charge in [0.15, 0.2) is 17.3 Å². The van der Waals surface area contributed by atoms with Crippen LogP contribution < -0.4 is 4.74 Å². The third-order valence-corrected chi connectivity index (χ3v) is 3.38. The number of phenolic OH excluding ortho intramolecular Hbond substituents is 1. The number of methoxy groups -OCH3 is 1. The summed E-state index contributed by atoms with van der Waals surface area (Å²) in [6.07, 6.45) is 2.99. The standard InChI is InChI=1S/C15H13BrO4/c1-9-3-6-14(20-9)12(17)5-4-10-7-13(18)15(19-2)8-11(10)16/h3-8,18H,1-2H3. The molecule has 104 valence electrons. The van der Waals surface area contributed by atoms with Gasteiger partial charge in [-0.3, -0.25) is 4.79 Å². The fraction of sp³-hybridized carbons (Fsp3) is 0.133. The van der Waals surface area contributed by atoms with Gasteiger partial charge in [0.25, 0.3) is 0 Å². The van der Waals surface area contributed by atoms with Crippen molar-refractivity contribution in [1.29, 1.82) is 0 Å². The molecule has 0 saturated heterocycles. The van der Waals surface area contributed by atoms with E-state index in [0.29, 0.717) is 21.5 Å². The van der Waals surface area contributed by atoms with Gasteiger partial charge in [0.1, 0.15) is 5.76 Å². The highest BCUT2D eigenvalue weighted by Gasteiger charge is 2.09. The summed E-state index contributed by atoms with van der Waals surface area (Å²) in [5.41, 5.74) is 0.667. The average molecular weight is 337 g/mol. The van der Waals surface area contributed by atoms with Gasteiger partial charge in [-0.05, 0) is 48.9 Å². The maximum absolute atomic E-state index is 11.9. The molecule has 1 aromatic heterocycles. The van der Waals surface area contributed by atoms with Crippen molar-refractivity contribution in [2.24, 2.45) is 0 Å². The lowest BCUT2D eigenvalue weighted by Gasteiger charge is -2.06. The van der Waals surface area contributed by atoms with Gasteiger partial charge >= 0.3 is 0 Å². The number of halogens is 1. The van der Waals surface area contributed by atoms with E-state index < -0.39 is 0 Å². The molecule has 0 fully saturated rings. The topological polar surface area (TPSA) is 59.7 Å². The number of carbonyl (C=O) groups excluding carboxylic acids is 1. The molecule has 4 nitrogen and oxygen atoms in total. The van der Waals surface area contributed by atoms with Crippen LogP contribution in [0.1, 0.15) is 21.9 Å². The van der Waals surface area contributed by atoms with Gasteiger partial charge in [-0.25, -0.2) is 0 Å². The number of hydrogen-bond donors (Lipinski definition) is 1. The molecule has 0 unspecified atom stereocenters. The molecule has 0 amide bonds.